The van der Waals surface area contributed by atoms with Gasteiger partial charge in [-0.25, -0.2) is 0 Å². The van der Waals surface area contributed by atoms with Gasteiger partial charge in [-0.2, -0.15) is 0 Å². The maximum atomic E-state index is 4.47. The number of benzene rings is 2. The first-order valence-corrected chi connectivity index (χ1v) is 11.5. The lowest BCUT2D eigenvalue weighted by Crippen LogP contribution is -2.43. The minimum Gasteiger partial charge on any atom is -0.339 e. The Labute approximate surface area is 185 Å². The summed E-state index contributed by atoms with van der Waals surface area (Å²) in [6, 6.07) is 19.5. The summed E-state index contributed by atoms with van der Waals surface area (Å²) in [6.45, 7) is 5.61. The van der Waals surface area contributed by atoms with Crippen LogP contribution in [0, 0.1) is 0 Å². The van der Waals surface area contributed by atoms with Crippen molar-refractivity contribution in [2.75, 3.05) is 38.5 Å². The van der Waals surface area contributed by atoms with Crippen molar-refractivity contribution in [3.63, 3.8) is 0 Å². The van der Waals surface area contributed by atoms with E-state index in [9.17, 15) is 0 Å². The molecule has 0 spiro atoms. The molecule has 1 aliphatic heterocycles. The molecule has 1 aliphatic carbocycles. The third-order valence-corrected chi connectivity index (χ3v) is 6.54. The van der Waals surface area contributed by atoms with Gasteiger partial charge in [0.25, 0.3) is 0 Å². The summed E-state index contributed by atoms with van der Waals surface area (Å²) in [5, 5.41) is 12.3. The van der Waals surface area contributed by atoms with Crippen LogP contribution in [-0.4, -0.2) is 53.2 Å². The van der Waals surface area contributed by atoms with E-state index in [1.165, 1.54) is 42.4 Å². The van der Waals surface area contributed by atoms with Gasteiger partial charge in [0.15, 0.2) is 5.82 Å². The van der Waals surface area contributed by atoms with Crippen LogP contribution in [0.25, 0.3) is 11.3 Å². The molecule has 0 amide bonds. The summed E-state index contributed by atoms with van der Waals surface area (Å²) in [5.41, 5.74) is 7.46. The van der Waals surface area contributed by atoms with Crippen LogP contribution in [0.15, 0.2) is 54.6 Å². The summed E-state index contributed by atoms with van der Waals surface area (Å²) in [6.07, 6.45) is 4.99. The van der Waals surface area contributed by atoms with Crippen molar-refractivity contribution in [1.29, 1.82) is 0 Å². The molecule has 2 heterocycles. The molecule has 0 radical (unpaired) electrons. The molecule has 2 aliphatic rings. The Bertz CT molecular complexity index is 1000. The molecule has 31 heavy (non-hydrogen) atoms. The van der Waals surface area contributed by atoms with Gasteiger partial charge in [0.1, 0.15) is 0 Å². The molecular weight excluding hydrogens is 382 g/mol. The molecule has 0 unspecified atom stereocenters. The van der Waals surface area contributed by atoms with Gasteiger partial charge in [-0.05, 0) is 79.8 Å². The topological polar surface area (TPSA) is 44.3 Å². The van der Waals surface area contributed by atoms with E-state index in [4.69, 9.17) is 0 Å². The highest BCUT2D eigenvalue weighted by atomic mass is 15.2. The number of piperazine rings is 1. The Morgan fingerprint density at radius 1 is 0.806 bits per heavy atom. The third kappa shape index (κ3) is 4.94. The average Bonchev–Trinajstić information content (AvgIpc) is 2.82. The predicted octanol–water partition coefficient (Wildman–Crippen LogP) is 4.51. The van der Waals surface area contributed by atoms with Gasteiger partial charge in [-0.15, -0.1) is 10.2 Å². The molecule has 1 N–H and O–H groups in total. The van der Waals surface area contributed by atoms with Crippen molar-refractivity contribution in [2.24, 2.45) is 0 Å². The van der Waals surface area contributed by atoms with Crippen molar-refractivity contribution in [2.45, 2.75) is 32.2 Å². The number of aryl methyl sites for hydroxylation is 2. The molecule has 0 atom stereocenters. The monoisotopic (exact) mass is 413 g/mol. The number of rotatable bonds is 5. The highest BCUT2D eigenvalue weighted by molar-refractivity contribution is 5.63. The maximum absolute atomic E-state index is 4.47. The summed E-state index contributed by atoms with van der Waals surface area (Å²) in [4.78, 5) is 4.91. The second-order valence-electron chi connectivity index (χ2n) is 8.90. The van der Waals surface area contributed by atoms with Gasteiger partial charge in [-0.1, -0.05) is 24.3 Å². The Hall–Kier alpha value is -2.76. The number of anilines is 2. The van der Waals surface area contributed by atoms with E-state index in [2.05, 4.69) is 80.9 Å². The van der Waals surface area contributed by atoms with Crippen molar-refractivity contribution < 1.29 is 0 Å². The van der Waals surface area contributed by atoms with E-state index in [-0.39, 0.29) is 0 Å². The van der Waals surface area contributed by atoms with Crippen LogP contribution in [-0.2, 0) is 19.4 Å². The predicted molar refractivity (Wildman–Crippen MR) is 127 cm³/mol. The molecule has 5 rings (SSSR count). The largest absolute Gasteiger partial charge is 0.339 e. The van der Waals surface area contributed by atoms with Crippen LogP contribution in [0.3, 0.4) is 0 Å². The van der Waals surface area contributed by atoms with Crippen molar-refractivity contribution in [3.05, 3.63) is 71.3 Å². The molecule has 0 bridgehead atoms. The molecule has 5 heteroatoms. The van der Waals surface area contributed by atoms with Gasteiger partial charge >= 0.3 is 0 Å². The highest BCUT2D eigenvalue weighted by Crippen LogP contribution is 2.27. The first-order valence-electron chi connectivity index (χ1n) is 11.5. The Kier molecular flexibility index (Phi) is 5.96. The zero-order valence-corrected chi connectivity index (χ0v) is 18.3. The van der Waals surface area contributed by atoms with E-state index >= 15 is 0 Å². The molecule has 3 aromatic rings. The normalized spacial score (nSPS) is 17.3. The molecule has 0 saturated carbocycles. The average molecular weight is 414 g/mol. The summed E-state index contributed by atoms with van der Waals surface area (Å²) in [7, 11) is 2.19. The van der Waals surface area contributed by atoms with Gasteiger partial charge in [0, 0.05) is 44.0 Å². The SMILES string of the molecule is CN1CCN(Cc2ccc(Nc3ccc(-c4ccc5c(c4)CCCC5)nn3)cc2)CC1. The second kappa shape index (κ2) is 9.16. The van der Waals surface area contributed by atoms with E-state index in [0.29, 0.717) is 0 Å². The number of hydrogen-bond donors (Lipinski definition) is 1. The number of likely N-dealkylation sites (N-methyl/N-ethyl adjacent to an activating group) is 1. The fourth-order valence-corrected chi connectivity index (χ4v) is 4.55. The van der Waals surface area contributed by atoms with E-state index < -0.39 is 0 Å². The Morgan fingerprint density at radius 2 is 1.58 bits per heavy atom. The zero-order chi connectivity index (χ0) is 21.0. The maximum Gasteiger partial charge on any atom is 0.153 e. The summed E-state index contributed by atoms with van der Waals surface area (Å²) < 4.78 is 0. The zero-order valence-electron chi connectivity index (χ0n) is 18.3. The number of hydrogen-bond acceptors (Lipinski definition) is 5. The number of fused-ring (bicyclic) bond motifs is 1. The lowest BCUT2D eigenvalue weighted by Gasteiger charge is -2.32. The van der Waals surface area contributed by atoms with E-state index in [0.717, 1.165) is 55.5 Å². The minimum atomic E-state index is 0.772. The lowest BCUT2D eigenvalue weighted by molar-refractivity contribution is 0.148. The molecule has 1 fully saturated rings. The quantitative estimate of drug-likeness (QED) is 0.667. The van der Waals surface area contributed by atoms with Crippen LogP contribution in [0.4, 0.5) is 11.5 Å². The fraction of sp³-hybridized carbons (Fsp3) is 0.385. The number of nitrogens with one attached hydrogen (secondary N) is 1. The van der Waals surface area contributed by atoms with Gasteiger partial charge in [0.05, 0.1) is 5.69 Å². The minimum absolute atomic E-state index is 0.772. The van der Waals surface area contributed by atoms with Crippen molar-refractivity contribution >= 4 is 11.5 Å². The van der Waals surface area contributed by atoms with Gasteiger partial charge in [0.2, 0.25) is 0 Å². The molecule has 1 saturated heterocycles. The van der Waals surface area contributed by atoms with Gasteiger partial charge < -0.3 is 10.2 Å². The Balaban J connectivity index is 1.21. The molecular formula is C26H31N5. The van der Waals surface area contributed by atoms with Crippen LogP contribution in [0.1, 0.15) is 29.5 Å². The van der Waals surface area contributed by atoms with Gasteiger partial charge in [-0.3, -0.25) is 4.90 Å². The first kappa shape index (κ1) is 20.2. The van der Waals surface area contributed by atoms with E-state index in [1.807, 2.05) is 6.07 Å². The van der Waals surface area contributed by atoms with Crippen LogP contribution in [0.5, 0.6) is 0 Å². The third-order valence-electron chi connectivity index (χ3n) is 6.54. The van der Waals surface area contributed by atoms with Crippen LogP contribution < -0.4 is 5.32 Å². The first-order chi connectivity index (χ1) is 15.2. The molecule has 160 valence electrons. The smallest absolute Gasteiger partial charge is 0.153 e. The molecule has 1 aromatic heterocycles. The summed E-state index contributed by atoms with van der Waals surface area (Å²) >= 11 is 0. The fourth-order valence-electron chi connectivity index (χ4n) is 4.55. The van der Waals surface area contributed by atoms with E-state index in [1.54, 1.807) is 0 Å². The van der Waals surface area contributed by atoms with Crippen LogP contribution >= 0.6 is 0 Å². The standard InChI is InChI=1S/C26H31N5/c1-30-14-16-31(17-15-30)19-20-6-10-24(11-7-20)27-26-13-12-25(28-29-26)23-9-8-21-4-2-3-5-22(21)18-23/h6-13,18H,2-5,14-17,19H2,1H3,(H,27,29). The van der Waals surface area contributed by atoms with Crippen molar-refractivity contribution in [1.82, 2.24) is 20.0 Å². The summed E-state index contributed by atoms with van der Waals surface area (Å²) in [5.74, 6) is 0.772. The van der Waals surface area contributed by atoms with Crippen molar-refractivity contribution in [3.8, 4) is 11.3 Å². The number of aromatic nitrogens is 2. The second-order valence-corrected chi connectivity index (χ2v) is 8.90. The lowest BCUT2D eigenvalue weighted by atomic mass is 9.90. The molecule has 2 aromatic carbocycles. The van der Waals surface area contributed by atoms with Crippen LogP contribution in [0.2, 0.25) is 0 Å². The highest BCUT2D eigenvalue weighted by Gasteiger charge is 2.14. The molecule has 5 nitrogen and oxygen atoms in total. The Morgan fingerprint density at radius 3 is 2.32 bits per heavy atom. The number of nitrogens with zero attached hydrogens (tertiary/aromatic N) is 4.